The van der Waals surface area contributed by atoms with Crippen molar-refractivity contribution in [1.82, 2.24) is 4.72 Å². The second kappa shape index (κ2) is 5.08. The number of benzene rings is 1. The lowest BCUT2D eigenvalue weighted by atomic mass is 10.3. The molecule has 0 spiro atoms. The van der Waals surface area contributed by atoms with E-state index in [-0.39, 0.29) is 22.1 Å². The van der Waals surface area contributed by atoms with Gasteiger partial charge in [0.05, 0.1) is 18.9 Å². The van der Waals surface area contributed by atoms with Crippen molar-refractivity contribution < 1.29 is 21.6 Å². The Bertz CT molecular complexity index is 753. The van der Waals surface area contributed by atoms with E-state index >= 15 is 0 Å². The minimum atomic E-state index is -3.93. The fraction of sp³-hybridized carbons (Fsp3) is 0.273. The summed E-state index contributed by atoms with van der Waals surface area (Å²) in [6.07, 6.45) is 1.30. The van der Waals surface area contributed by atoms with Crippen molar-refractivity contribution in [3.63, 3.8) is 0 Å². The molecular formula is C11H14N2O5S2. The van der Waals surface area contributed by atoms with Gasteiger partial charge in [0.1, 0.15) is 10.6 Å². The van der Waals surface area contributed by atoms with Crippen LogP contribution >= 0.6 is 0 Å². The Hall–Kier alpha value is -1.58. The van der Waals surface area contributed by atoms with Crippen molar-refractivity contribution in [3.8, 4) is 5.75 Å². The SMILES string of the molecule is COc1ccc(N)cc1S(=O)(=O)NC1C=CS(=O)(=O)C1. The summed E-state index contributed by atoms with van der Waals surface area (Å²) in [6.45, 7) is 0. The van der Waals surface area contributed by atoms with Crippen LogP contribution in [0.5, 0.6) is 5.75 Å². The topological polar surface area (TPSA) is 116 Å². The molecule has 1 aliphatic rings. The van der Waals surface area contributed by atoms with Crippen molar-refractivity contribution in [1.29, 1.82) is 0 Å². The first kappa shape index (κ1) is 14.8. The van der Waals surface area contributed by atoms with Gasteiger partial charge in [0.15, 0.2) is 9.84 Å². The Labute approximate surface area is 117 Å². The number of nitrogen functional groups attached to an aromatic ring is 1. The minimum absolute atomic E-state index is 0.127. The Morgan fingerprint density at radius 2 is 2.10 bits per heavy atom. The third-order valence-corrected chi connectivity index (χ3v) is 5.62. The summed E-state index contributed by atoms with van der Waals surface area (Å²) in [5.74, 6) is -0.159. The van der Waals surface area contributed by atoms with E-state index < -0.39 is 25.9 Å². The van der Waals surface area contributed by atoms with E-state index in [0.717, 1.165) is 5.41 Å². The van der Waals surface area contributed by atoms with E-state index in [4.69, 9.17) is 10.5 Å². The van der Waals surface area contributed by atoms with Gasteiger partial charge in [-0.25, -0.2) is 21.6 Å². The van der Waals surface area contributed by atoms with Gasteiger partial charge in [-0.3, -0.25) is 0 Å². The standard InChI is InChI=1S/C11H14N2O5S2/c1-18-10-3-2-8(12)6-11(10)20(16,17)13-9-4-5-19(14,15)7-9/h2-6,9,13H,7,12H2,1H3. The molecule has 1 heterocycles. The summed E-state index contributed by atoms with van der Waals surface area (Å²) >= 11 is 0. The maximum atomic E-state index is 12.3. The number of hydrogen-bond acceptors (Lipinski definition) is 6. The van der Waals surface area contributed by atoms with Crippen molar-refractivity contribution in [3.05, 3.63) is 29.7 Å². The highest BCUT2D eigenvalue weighted by Crippen LogP contribution is 2.26. The molecule has 2 rings (SSSR count). The van der Waals surface area contributed by atoms with Gasteiger partial charge in [0, 0.05) is 11.1 Å². The van der Waals surface area contributed by atoms with Gasteiger partial charge < -0.3 is 10.5 Å². The molecule has 1 aromatic rings. The van der Waals surface area contributed by atoms with Crippen LogP contribution in [0.15, 0.2) is 34.6 Å². The van der Waals surface area contributed by atoms with Gasteiger partial charge in [-0.2, -0.15) is 0 Å². The van der Waals surface area contributed by atoms with Gasteiger partial charge in [-0.05, 0) is 18.2 Å². The highest BCUT2D eigenvalue weighted by atomic mass is 32.2. The summed E-state index contributed by atoms with van der Waals surface area (Å²) in [7, 11) is -5.93. The molecule has 7 nitrogen and oxygen atoms in total. The zero-order valence-corrected chi connectivity index (χ0v) is 12.2. The fourth-order valence-electron chi connectivity index (χ4n) is 1.82. The number of hydrogen-bond donors (Lipinski definition) is 2. The second-order valence-electron chi connectivity index (χ2n) is 4.30. The molecule has 1 atom stereocenters. The average molecular weight is 318 g/mol. The van der Waals surface area contributed by atoms with Crippen molar-refractivity contribution >= 4 is 25.5 Å². The molecule has 0 radical (unpaired) electrons. The summed E-state index contributed by atoms with van der Waals surface area (Å²) in [5, 5.41) is 0.997. The van der Waals surface area contributed by atoms with Crippen LogP contribution < -0.4 is 15.2 Å². The molecule has 1 aliphatic heterocycles. The largest absolute Gasteiger partial charge is 0.495 e. The molecule has 0 amide bonds. The molecular weight excluding hydrogens is 304 g/mol. The minimum Gasteiger partial charge on any atom is -0.495 e. The lowest BCUT2D eigenvalue weighted by molar-refractivity contribution is 0.402. The molecule has 1 unspecified atom stereocenters. The zero-order chi connectivity index (χ0) is 15.0. The third-order valence-electron chi connectivity index (χ3n) is 2.71. The number of ether oxygens (including phenoxy) is 1. The molecule has 0 saturated heterocycles. The summed E-state index contributed by atoms with van der Waals surface area (Å²) in [6, 6.07) is 3.41. The summed E-state index contributed by atoms with van der Waals surface area (Å²) < 4.78 is 54.3. The molecule has 110 valence electrons. The summed E-state index contributed by atoms with van der Waals surface area (Å²) in [4.78, 5) is -0.127. The Morgan fingerprint density at radius 3 is 2.65 bits per heavy atom. The highest BCUT2D eigenvalue weighted by Gasteiger charge is 2.28. The van der Waals surface area contributed by atoms with Crippen LogP contribution in [0.25, 0.3) is 0 Å². The number of sulfone groups is 1. The molecule has 0 aliphatic carbocycles. The van der Waals surface area contributed by atoms with Gasteiger partial charge in [0.25, 0.3) is 0 Å². The smallest absolute Gasteiger partial charge is 0.244 e. The van der Waals surface area contributed by atoms with Gasteiger partial charge in [0.2, 0.25) is 10.0 Å². The normalized spacial score (nSPS) is 20.9. The summed E-state index contributed by atoms with van der Waals surface area (Å²) in [5.41, 5.74) is 5.84. The van der Waals surface area contributed by atoms with Crippen LogP contribution in [0.3, 0.4) is 0 Å². The average Bonchev–Trinajstić information content (AvgIpc) is 2.68. The molecule has 20 heavy (non-hydrogen) atoms. The predicted octanol–water partition coefficient (Wildman–Crippen LogP) is -0.134. The molecule has 0 aromatic heterocycles. The zero-order valence-electron chi connectivity index (χ0n) is 10.6. The van der Waals surface area contributed by atoms with Crippen molar-refractivity contribution in [2.45, 2.75) is 10.9 Å². The second-order valence-corrected chi connectivity index (χ2v) is 7.91. The molecule has 0 bridgehead atoms. The molecule has 0 fully saturated rings. The fourth-order valence-corrected chi connectivity index (χ4v) is 4.55. The van der Waals surface area contributed by atoms with Crippen LogP contribution in [0.2, 0.25) is 0 Å². The quantitative estimate of drug-likeness (QED) is 0.747. The number of nitrogens with two attached hydrogens (primary N) is 1. The van der Waals surface area contributed by atoms with E-state index in [2.05, 4.69) is 4.72 Å². The highest BCUT2D eigenvalue weighted by molar-refractivity contribution is 7.94. The molecule has 1 aromatic carbocycles. The number of sulfonamides is 1. The molecule has 0 saturated carbocycles. The van der Waals surface area contributed by atoms with E-state index in [1.165, 1.54) is 31.4 Å². The van der Waals surface area contributed by atoms with Gasteiger partial charge in [-0.15, -0.1) is 0 Å². The maximum Gasteiger partial charge on any atom is 0.244 e. The van der Waals surface area contributed by atoms with Crippen LogP contribution in [0, 0.1) is 0 Å². The first-order valence-electron chi connectivity index (χ1n) is 5.60. The number of rotatable bonds is 4. The van der Waals surface area contributed by atoms with E-state index in [1.807, 2.05) is 0 Å². The molecule has 3 N–H and O–H groups in total. The van der Waals surface area contributed by atoms with Crippen LogP contribution in [0.1, 0.15) is 0 Å². The van der Waals surface area contributed by atoms with Gasteiger partial charge in [-0.1, -0.05) is 6.08 Å². The maximum absolute atomic E-state index is 12.3. The Morgan fingerprint density at radius 1 is 1.40 bits per heavy atom. The third kappa shape index (κ3) is 3.11. The number of anilines is 1. The monoisotopic (exact) mass is 318 g/mol. The van der Waals surface area contributed by atoms with E-state index in [1.54, 1.807) is 0 Å². The Balaban J connectivity index is 2.32. The van der Waals surface area contributed by atoms with E-state index in [0.29, 0.717) is 0 Å². The Kier molecular flexibility index (Phi) is 3.76. The lowest BCUT2D eigenvalue weighted by Gasteiger charge is -2.14. The van der Waals surface area contributed by atoms with Gasteiger partial charge >= 0.3 is 0 Å². The first-order valence-corrected chi connectivity index (χ1v) is 8.80. The van der Waals surface area contributed by atoms with Crippen molar-refractivity contribution in [2.24, 2.45) is 0 Å². The predicted molar refractivity (Wildman–Crippen MR) is 74.4 cm³/mol. The number of methoxy groups -OCH3 is 1. The van der Waals surface area contributed by atoms with Crippen LogP contribution in [0.4, 0.5) is 5.69 Å². The van der Waals surface area contributed by atoms with Crippen molar-refractivity contribution in [2.75, 3.05) is 18.6 Å². The van der Waals surface area contributed by atoms with Crippen LogP contribution in [-0.4, -0.2) is 35.7 Å². The lowest BCUT2D eigenvalue weighted by Crippen LogP contribution is -2.35. The molecule has 9 heteroatoms. The first-order chi connectivity index (χ1) is 9.23. The van der Waals surface area contributed by atoms with E-state index in [9.17, 15) is 16.8 Å². The van der Waals surface area contributed by atoms with Crippen LogP contribution in [-0.2, 0) is 19.9 Å². The number of nitrogens with one attached hydrogen (secondary N) is 1.